The molecule has 35 nitrogen and oxygen atoms in total. The number of primary amides is 1. The van der Waals surface area contributed by atoms with Crippen LogP contribution in [0.25, 0.3) is 43.6 Å². The number of H-pyrrole nitrogens is 4. The first-order chi connectivity index (χ1) is 66.7. The molecule has 5 aromatic carbocycles. The number of aromatic nitrogens is 5. The van der Waals surface area contributed by atoms with Crippen LogP contribution in [-0.4, -0.2) is 232 Å². The van der Waals surface area contributed by atoms with Gasteiger partial charge in [0.25, 0.3) is 0 Å². The number of amides is 13. The van der Waals surface area contributed by atoms with Crippen molar-refractivity contribution in [1.82, 2.24) is 88.3 Å². The molecule has 0 saturated carbocycles. The van der Waals surface area contributed by atoms with Crippen LogP contribution < -0.4 is 64.2 Å². The Morgan fingerprint density at radius 1 is 0.453 bits per heavy atom. The van der Waals surface area contributed by atoms with Gasteiger partial charge in [-0.1, -0.05) is 165 Å². The summed E-state index contributed by atoms with van der Waals surface area (Å²) in [6.07, 6.45) is 5.66. The lowest BCUT2D eigenvalue weighted by atomic mass is 9.80. The number of aliphatic hydroxyl groups excluding tert-OH is 1. The number of aliphatic imine (C=N–C) groups is 1. The zero-order valence-electron chi connectivity index (χ0n) is 78.9. The van der Waals surface area contributed by atoms with E-state index in [1.54, 1.807) is 125 Å². The first kappa shape index (κ1) is 103. The van der Waals surface area contributed by atoms with Crippen LogP contribution in [0.3, 0.4) is 0 Å². The van der Waals surface area contributed by atoms with Crippen LogP contribution in [0.5, 0.6) is 0 Å². The summed E-state index contributed by atoms with van der Waals surface area (Å²) in [5.74, 6) is -15.9. The molecule has 10 aromatic rings. The van der Waals surface area contributed by atoms with E-state index in [0.717, 1.165) is 44.5 Å². The maximum atomic E-state index is 15.8. The number of carbonyl (C=O) groups excluding carboxylic acids is 15. The maximum Gasteiger partial charge on any atom is 0.246 e. The molecule has 139 heavy (non-hydrogen) atoms. The van der Waals surface area contributed by atoms with Gasteiger partial charge in [0.15, 0.2) is 5.78 Å². The second-order valence-corrected chi connectivity index (χ2v) is 39.0. The molecule has 4 bridgehead atoms. The summed E-state index contributed by atoms with van der Waals surface area (Å²) in [4.78, 5) is 248. The van der Waals surface area contributed by atoms with E-state index in [1.807, 2.05) is 100 Å². The minimum absolute atomic E-state index is 0.00467. The fourth-order valence-electron chi connectivity index (χ4n) is 18.2. The molecule has 1 fully saturated rings. The number of rotatable bonds is 19. The second kappa shape index (κ2) is 47.5. The minimum Gasteiger partial charge on any atom is -0.394 e. The predicted octanol–water partition coefficient (Wildman–Crippen LogP) is 5.56. The lowest BCUT2D eigenvalue weighted by Crippen LogP contribution is -2.62. The molecule has 5 aromatic heterocycles. The summed E-state index contributed by atoms with van der Waals surface area (Å²) < 4.78 is 0. The summed E-state index contributed by atoms with van der Waals surface area (Å²) >= 11 is 5.61. The highest BCUT2D eigenvalue weighted by atomic mass is 32.2. The predicted molar refractivity (Wildman–Crippen MR) is 531 cm³/mol. The highest BCUT2D eigenvalue weighted by Crippen LogP contribution is 2.31. The number of para-hydroxylation sites is 4. The molecule has 18 N–H and O–H groups in total. The molecule has 3 aliphatic heterocycles. The van der Waals surface area contributed by atoms with Gasteiger partial charge < -0.3 is 94.2 Å². The van der Waals surface area contributed by atoms with Crippen molar-refractivity contribution in [2.45, 2.75) is 205 Å². The summed E-state index contributed by atoms with van der Waals surface area (Å²) in [6, 6.07) is 26.2. The molecule has 8 heterocycles. The number of nitrogens with two attached hydrogens (primary N) is 1. The number of hydrogen-bond acceptors (Lipinski definition) is 20. The Morgan fingerprint density at radius 2 is 0.914 bits per heavy atom. The highest BCUT2D eigenvalue weighted by Gasteiger charge is 2.44. The minimum atomic E-state index is -1.68. The highest BCUT2D eigenvalue weighted by molar-refractivity contribution is 8.14. The number of aromatic amines is 4. The smallest absolute Gasteiger partial charge is 0.246 e. The van der Waals surface area contributed by atoms with Crippen molar-refractivity contribution >= 4 is 161 Å². The summed E-state index contributed by atoms with van der Waals surface area (Å²) in [5.41, 5.74) is 12.4. The van der Waals surface area contributed by atoms with E-state index in [-0.39, 0.29) is 111 Å². The number of fused-ring (bicyclic) bond motifs is 9. The first-order valence-electron chi connectivity index (χ1n) is 47.3. The molecule has 0 radical (unpaired) electrons. The van der Waals surface area contributed by atoms with Crippen molar-refractivity contribution in [3.05, 3.63) is 210 Å². The van der Waals surface area contributed by atoms with Crippen LogP contribution in [0.2, 0.25) is 0 Å². The van der Waals surface area contributed by atoms with Crippen LogP contribution in [0, 0.1) is 35.5 Å². The molecule has 0 spiro atoms. The number of Topliss-reactive ketones (excluding diaryl/α,β-unsaturated/α-hetero) is 2. The molecule has 37 heteroatoms. The van der Waals surface area contributed by atoms with Crippen molar-refractivity contribution in [3.63, 3.8) is 0 Å². The van der Waals surface area contributed by atoms with Gasteiger partial charge in [0, 0.05) is 149 Å². The third-order valence-electron chi connectivity index (χ3n) is 25.7. The van der Waals surface area contributed by atoms with E-state index in [1.165, 1.54) is 4.90 Å². The van der Waals surface area contributed by atoms with Crippen LogP contribution in [0.15, 0.2) is 175 Å². The number of ketones is 2. The Balaban J connectivity index is 0.819. The lowest BCUT2D eigenvalue weighted by Gasteiger charge is -2.32. The molecule has 13 rings (SSSR count). The standard InChI is InChI=1S/C102H123N19O16S2/c1-54(2)36-75-87(124)45-69(56(5)6)86(123)43-59(38-58-22-10-9-11-23-58)91(127)112-78(39-60-46-104-70-29-16-12-25-65(60)70)92(128)108-50-88(125)110-76(90(103)126)44-64-24-20-33-74(109-64)101-119-84(53-139-101)98(134)117-82(51-122)96(132)113-79(40-61-47-105-71-30-17-13-26-66(61)71)95(131)118-83(52-138)97(133)120-89(57(7)8)100(136)115-77(37-55(3)4)93(129)116-81(42-63-49-107-73-32-19-15-28-68(63)73)102(137)121-35-21-34-85(121)99(135)114-80(94(130)111-75)41-62-48-106-72-31-18-14-27-67(62)72/h9-20,22-33,46-49,54-57,59,69,75-85,89,104-107,122,138H,21,34-45,50-53H2,1-8H3,(H2,103,126)(H,108,128)(H,110,125)(H,111,130)(H,112,127)(H,113,132)(H,114,135)(H,115,136)(H,116,129)(H,117,134)(H,118,131)(H,120,133)/t59-,69+,75+,76+,77+,78+,79+,80+,81+,82+,83+,84+,85+,89+/m1/s1. The van der Waals surface area contributed by atoms with Crippen molar-refractivity contribution in [2.24, 2.45) is 46.2 Å². The number of hydrogen-bond donors (Lipinski definition) is 18. The van der Waals surface area contributed by atoms with Crippen LogP contribution in [-0.2, 0) is 110 Å². The average molecular weight is 1940 g/mol. The first-order valence-corrected chi connectivity index (χ1v) is 48.9. The summed E-state index contributed by atoms with van der Waals surface area (Å²) in [7, 11) is 0. The Hall–Kier alpha value is -13.8. The van der Waals surface area contributed by atoms with Crippen molar-refractivity contribution in [1.29, 1.82) is 0 Å². The number of benzene rings is 5. The van der Waals surface area contributed by atoms with Crippen LogP contribution in [0.1, 0.15) is 133 Å². The van der Waals surface area contributed by atoms with Gasteiger partial charge in [-0.2, -0.15) is 12.6 Å². The monoisotopic (exact) mass is 1930 g/mol. The molecule has 14 atom stereocenters. The number of nitrogens with one attached hydrogen (secondary N) is 15. The number of thioether (sulfide) groups is 1. The number of carbonyl (C=O) groups is 15. The molecular formula is C102H123N19O16S2. The van der Waals surface area contributed by atoms with E-state index in [9.17, 15) is 38.7 Å². The summed E-state index contributed by atoms with van der Waals surface area (Å²) in [5, 5.41) is 44.6. The number of nitrogens with zero attached hydrogens (tertiary/aromatic N) is 3. The SMILES string of the molecule is CC(C)C[C@@H]1NC(=O)[C@H](Cc2c[nH]c3ccccc23)NC(=O)[C@@H]2CCCN2C(=O)[C@H](Cc2c[nH]c3ccccc23)NC(=O)[C@H](CC(C)C)NC(=O)[C@H](C(C)C)NC(=O)[C@H](CS)NC(=O)[C@H](Cc2c[nH]c3ccccc23)NC(=O)[C@H](CO)NC(=O)[C@@H]2CSC(=N2)c2cccc(n2)C[C@@H](C(N)=O)NC(=O)CNC(=O)[C@H](Cc2c[nH]c3ccccc23)NC(=O)[C@H](Cc2ccccc2)CC(=O)[C@H](C(C)C)CC1=O. The Labute approximate surface area is 814 Å². The van der Waals surface area contributed by atoms with Crippen LogP contribution >= 0.6 is 24.4 Å². The van der Waals surface area contributed by atoms with E-state index >= 15 is 38.4 Å². The Kier molecular flexibility index (Phi) is 35.1. The molecule has 0 unspecified atom stereocenters. The number of aliphatic hydroxyl groups is 1. The number of pyridine rings is 1. The van der Waals surface area contributed by atoms with Gasteiger partial charge in [0.2, 0.25) is 76.8 Å². The molecule has 0 aliphatic carbocycles. The Bertz CT molecular complexity index is 6200. The topological polar surface area (TPSA) is 526 Å². The third-order valence-corrected chi connectivity index (χ3v) is 27.1. The van der Waals surface area contributed by atoms with E-state index in [4.69, 9.17) is 10.7 Å². The lowest BCUT2D eigenvalue weighted by molar-refractivity contribution is -0.142. The normalized spacial score (nSPS) is 23.9. The quantitative estimate of drug-likeness (QED) is 0.0441. The zero-order chi connectivity index (χ0) is 99.4. The van der Waals surface area contributed by atoms with E-state index in [2.05, 4.69) is 96.0 Å². The molecule has 1 saturated heterocycles. The van der Waals surface area contributed by atoms with Crippen molar-refractivity contribution < 1.29 is 77.0 Å². The third kappa shape index (κ3) is 26.6. The van der Waals surface area contributed by atoms with E-state index in [0.29, 0.717) is 45.1 Å². The summed E-state index contributed by atoms with van der Waals surface area (Å²) in [6.45, 7) is 12.6. The average Bonchev–Trinajstić information content (AvgIpc) is 1.65. The molecular weight excluding hydrogens is 1810 g/mol. The van der Waals surface area contributed by atoms with Gasteiger partial charge in [-0.3, -0.25) is 81.9 Å². The van der Waals surface area contributed by atoms with Gasteiger partial charge in [-0.25, -0.2) is 0 Å². The largest absolute Gasteiger partial charge is 0.394 e. The maximum absolute atomic E-state index is 15.8. The van der Waals surface area contributed by atoms with Gasteiger partial charge in [0.1, 0.15) is 77.3 Å². The molecule has 13 amide bonds. The fraction of sp³-hybridized carbons (Fsp3) is 0.422. The van der Waals surface area contributed by atoms with Gasteiger partial charge in [-0.05, 0) is 120 Å². The molecule has 3 aliphatic rings. The van der Waals surface area contributed by atoms with Gasteiger partial charge >= 0.3 is 0 Å². The van der Waals surface area contributed by atoms with Crippen molar-refractivity contribution in [3.8, 4) is 0 Å². The zero-order valence-corrected chi connectivity index (χ0v) is 80.6. The van der Waals surface area contributed by atoms with Gasteiger partial charge in [0.05, 0.1) is 24.9 Å². The van der Waals surface area contributed by atoms with Gasteiger partial charge in [-0.15, -0.1) is 11.8 Å². The van der Waals surface area contributed by atoms with E-state index < -0.39 is 204 Å². The van der Waals surface area contributed by atoms with Crippen molar-refractivity contribution in [2.75, 3.05) is 31.2 Å². The fourth-order valence-corrected chi connectivity index (χ4v) is 19.4. The Morgan fingerprint density at radius 3 is 1.44 bits per heavy atom. The number of thiol groups is 1. The van der Waals surface area contributed by atoms with Crippen LogP contribution in [0.4, 0.5) is 0 Å². The molecule has 734 valence electrons. The second-order valence-electron chi connectivity index (χ2n) is 37.6.